The molecule has 12 nitrogen and oxygen atoms in total. The Morgan fingerprint density at radius 2 is 1.12 bits per heavy atom. The van der Waals surface area contributed by atoms with E-state index in [1.165, 1.54) is 0 Å². The van der Waals surface area contributed by atoms with E-state index in [9.17, 15) is 19.2 Å². The van der Waals surface area contributed by atoms with E-state index in [-0.39, 0.29) is 34.7 Å². The highest BCUT2D eigenvalue weighted by atomic mass is 16.6. The lowest BCUT2D eigenvalue weighted by molar-refractivity contribution is -0.134. The number of likely N-dealkylation sites (tertiary alicyclic amines) is 2. The van der Waals surface area contributed by atoms with Crippen molar-refractivity contribution in [2.75, 3.05) is 27.3 Å². The zero-order chi connectivity index (χ0) is 49.9. The molecule has 0 bridgehead atoms. The number of nitrogens with one attached hydrogen (secondary N) is 2. The Hall–Kier alpha value is -6.30. The van der Waals surface area contributed by atoms with Crippen LogP contribution in [0.5, 0.6) is 11.5 Å². The molecule has 0 saturated carbocycles. The monoisotopic (exact) mass is 931 g/mol. The molecule has 0 spiro atoms. The maximum atomic E-state index is 13.7. The number of benzene rings is 4. The Morgan fingerprint density at radius 3 is 1.60 bits per heavy atom. The van der Waals surface area contributed by atoms with Gasteiger partial charge >= 0.3 is 12.2 Å². The van der Waals surface area contributed by atoms with Crippen molar-refractivity contribution in [3.63, 3.8) is 0 Å². The standard InChI is InChI=1S/C28H38N2O4.C28H36N2O4/c2*1-27(2,3)34-26(32)29-17-16-23(21-10-8-7-9-11-21)24-18-28(4,5)30(25(24)31)19-20-12-14-22(33-6)15-13-20/h7-15,23-24H,16-19H2,1-6H3,(H,29,32);7-15H,16-19H2,1-6H3,(H,29,32). The van der Waals surface area contributed by atoms with Gasteiger partial charge in [-0.05, 0) is 147 Å². The van der Waals surface area contributed by atoms with Gasteiger partial charge in [0.1, 0.15) is 22.7 Å². The first-order valence-electron chi connectivity index (χ1n) is 23.7. The summed E-state index contributed by atoms with van der Waals surface area (Å²) in [4.78, 5) is 55.6. The predicted octanol–water partition coefficient (Wildman–Crippen LogP) is 11.1. The summed E-state index contributed by atoms with van der Waals surface area (Å²) < 4.78 is 21.2. The molecule has 2 saturated heterocycles. The third-order valence-electron chi connectivity index (χ3n) is 12.2. The van der Waals surface area contributed by atoms with Gasteiger partial charge in [0.25, 0.3) is 5.91 Å². The van der Waals surface area contributed by atoms with Crippen molar-refractivity contribution in [2.45, 2.75) is 136 Å². The van der Waals surface area contributed by atoms with Crippen LogP contribution in [0.1, 0.15) is 123 Å². The number of amides is 4. The molecule has 6 rings (SSSR count). The Labute approximate surface area is 404 Å². The van der Waals surface area contributed by atoms with Gasteiger partial charge < -0.3 is 39.4 Å². The minimum absolute atomic E-state index is 0.00350. The molecule has 4 aromatic rings. The number of methoxy groups -OCH3 is 2. The van der Waals surface area contributed by atoms with E-state index in [0.29, 0.717) is 45.4 Å². The lowest BCUT2D eigenvalue weighted by Gasteiger charge is -2.31. The zero-order valence-electron chi connectivity index (χ0n) is 42.4. The topological polar surface area (TPSA) is 136 Å². The number of carbonyl (C=O) groups excluding carboxylic acids is 4. The van der Waals surface area contributed by atoms with E-state index in [1.807, 2.05) is 148 Å². The van der Waals surface area contributed by atoms with Crippen molar-refractivity contribution in [1.82, 2.24) is 20.4 Å². The summed E-state index contributed by atoms with van der Waals surface area (Å²) in [5.41, 5.74) is 4.31. The van der Waals surface area contributed by atoms with Crippen LogP contribution in [0.25, 0.3) is 5.57 Å². The molecule has 0 aliphatic carbocycles. The van der Waals surface area contributed by atoms with Crippen LogP contribution in [0.3, 0.4) is 0 Å². The van der Waals surface area contributed by atoms with Crippen molar-refractivity contribution >= 4 is 29.6 Å². The summed E-state index contributed by atoms with van der Waals surface area (Å²) in [7, 11) is 3.29. The average Bonchev–Trinajstić information content (AvgIpc) is 3.64. The SMILES string of the molecule is COc1ccc(CN2C(=O)C(=C(CCNC(=O)OC(C)(C)C)c3ccccc3)CC2(C)C)cc1.COc1ccc(CN2C(=O)C(C(CCNC(=O)OC(C)(C)C)c3ccccc3)CC2(C)C)cc1. The number of ether oxygens (including phenoxy) is 4. The Bertz CT molecular complexity index is 2330. The van der Waals surface area contributed by atoms with Crippen molar-refractivity contribution in [2.24, 2.45) is 5.92 Å². The molecular formula is C56H74N4O8. The number of rotatable bonds is 15. The molecule has 2 unspecified atom stereocenters. The highest BCUT2D eigenvalue weighted by Crippen LogP contribution is 2.44. The van der Waals surface area contributed by atoms with Gasteiger partial charge in [0.2, 0.25) is 5.91 Å². The third kappa shape index (κ3) is 14.8. The molecule has 0 aromatic heterocycles. The molecule has 4 aromatic carbocycles. The van der Waals surface area contributed by atoms with Gasteiger partial charge in [-0.2, -0.15) is 0 Å². The number of nitrogens with zero attached hydrogens (tertiary/aromatic N) is 2. The maximum Gasteiger partial charge on any atom is 0.407 e. The van der Waals surface area contributed by atoms with Crippen molar-refractivity contribution in [3.8, 4) is 11.5 Å². The number of hydrogen-bond donors (Lipinski definition) is 2. The smallest absolute Gasteiger partial charge is 0.407 e. The Kier molecular flexibility index (Phi) is 17.6. The van der Waals surface area contributed by atoms with E-state index < -0.39 is 23.4 Å². The maximum absolute atomic E-state index is 13.7. The van der Waals surface area contributed by atoms with E-state index in [1.54, 1.807) is 14.2 Å². The summed E-state index contributed by atoms with van der Waals surface area (Å²) in [6, 6.07) is 35.8. The second-order valence-electron chi connectivity index (χ2n) is 20.9. The minimum Gasteiger partial charge on any atom is -0.497 e. The van der Waals surface area contributed by atoms with E-state index in [2.05, 4.69) is 50.5 Å². The highest BCUT2D eigenvalue weighted by molar-refractivity contribution is 6.04. The summed E-state index contributed by atoms with van der Waals surface area (Å²) in [5.74, 6) is 1.64. The minimum atomic E-state index is -0.557. The average molecular weight is 931 g/mol. The van der Waals surface area contributed by atoms with Crippen LogP contribution in [-0.4, -0.2) is 83.4 Å². The largest absolute Gasteiger partial charge is 0.497 e. The zero-order valence-corrected chi connectivity index (χ0v) is 42.4. The van der Waals surface area contributed by atoms with Crippen LogP contribution >= 0.6 is 0 Å². The molecule has 12 heteroatoms. The van der Waals surface area contributed by atoms with Crippen LogP contribution < -0.4 is 20.1 Å². The summed E-state index contributed by atoms with van der Waals surface area (Å²) >= 11 is 0. The molecule has 2 heterocycles. The summed E-state index contributed by atoms with van der Waals surface area (Å²) in [6.45, 7) is 21.4. The first-order valence-corrected chi connectivity index (χ1v) is 23.7. The van der Waals surface area contributed by atoms with E-state index >= 15 is 0 Å². The number of carbonyl (C=O) groups is 4. The molecule has 4 amide bonds. The van der Waals surface area contributed by atoms with E-state index in [0.717, 1.165) is 51.3 Å². The van der Waals surface area contributed by atoms with Gasteiger partial charge in [0, 0.05) is 55.2 Å². The summed E-state index contributed by atoms with van der Waals surface area (Å²) in [5, 5.41) is 5.69. The molecule has 366 valence electrons. The molecular weight excluding hydrogens is 857 g/mol. The van der Waals surface area contributed by atoms with Crippen molar-refractivity contribution < 1.29 is 38.1 Å². The first-order chi connectivity index (χ1) is 32.0. The summed E-state index contributed by atoms with van der Waals surface area (Å²) in [6.07, 6.45) is 1.71. The Balaban J connectivity index is 0.000000254. The Morgan fingerprint density at radius 1 is 0.647 bits per heavy atom. The quantitative estimate of drug-likeness (QED) is 0.113. The van der Waals surface area contributed by atoms with Gasteiger partial charge in [0.15, 0.2) is 0 Å². The molecule has 2 fully saturated rings. The van der Waals surface area contributed by atoms with E-state index in [4.69, 9.17) is 18.9 Å². The molecule has 2 aliphatic heterocycles. The fourth-order valence-electron chi connectivity index (χ4n) is 8.89. The number of hydrogen-bond acceptors (Lipinski definition) is 8. The lowest BCUT2D eigenvalue weighted by atomic mass is 9.80. The second kappa shape index (κ2) is 22.7. The van der Waals surface area contributed by atoms with Crippen LogP contribution in [0.2, 0.25) is 0 Å². The van der Waals surface area contributed by atoms with Crippen LogP contribution in [0.15, 0.2) is 115 Å². The molecule has 2 aliphatic rings. The molecule has 2 N–H and O–H groups in total. The van der Waals surface area contributed by atoms with Gasteiger partial charge in [-0.25, -0.2) is 9.59 Å². The third-order valence-corrected chi connectivity index (χ3v) is 12.2. The molecule has 2 atom stereocenters. The van der Waals surface area contributed by atoms with Crippen LogP contribution in [0.4, 0.5) is 9.59 Å². The second-order valence-corrected chi connectivity index (χ2v) is 20.9. The van der Waals surface area contributed by atoms with Crippen LogP contribution in [0, 0.1) is 5.92 Å². The highest BCUT2D eigenvalue weighted by Gasteiger charge is 2.48. The van der Waals surface area contributed by atoms with Crippen LogP contribution in [-0.2, 0) is 32.2 Å². The van der Waals surface area contributed by atoms with Gasteiger partial charge in [-0.1, -0.05) is 84.9 Å². The van der Waals surface area contributed by atoms with Crippen molar-refractivity contribution in [1.29, 1.82) is 0 Å². The van der Waals surface area contributed by atoms with Crippen molar-refractivity contribution in [3.05, 3.63) is 137 Å². The molecule has 68 heavy (non-hydrogen) atoms. The van der Waals surface area contributed by atoms with Gasteiger partial charge in [-0.3, -0.25) is 9.59 Å². The number of alkyl carbamates (subject to hydrolysis) is 2. The lowest BCUT2D eigenvalue weighted by Crippen LogP contribution is -2.40. The normalized spacial score (nSPS) is 17.7. The molecule has 0 radical (unpaired) electrons. The first kappa shape index (κ1) is 52.7. The van der Waals surface area contributed by atoms with Gasteiger partial charge in [0.05, 0.1) is 14.2 Å². The fraction of sp³-hybridized carbons (Fsp3) is 0.464. The van der Waals surface area contributed by atoms with Gasteiger partial charge in [-0.15, -0.1) is 0 Å². The predicted molar refractivity (Wildman–Crippen MR) is 268 cm³/mol. The fourth-order valence-corrected chi connectivity index (χ4v) is 8.89.